The maximum absolute atomic E-state index is 4.19. The lowest BCUT2D eigenvalue weighted by Crippen LogP contribution is -1.96. The Bertz CT molecular complexity index is 239. The predicted octanol–water partition coefficient (Wildman–Crippen LogP) is 3.29. The number of aromatic nitrogens is 1. The molecule has 0 aliphatic heterocycles. The molecule has 0 amide bonds. The minimum absolute atomic E-state index is 0.715. The van der Waals surface area contributed by atoms with Crippen LogP contribution < -0.4 is 0 Å². The van der Waals surface area contributed by atoms with E-state index in [0.29, 0.717) is 5.92 Å². The van der Waals surface area contributed by atoms with Gasteiger partial charge in [0.25, 0.3) is 0 Å². The van der Waals surface area contributed by atoms with E-state index in [1.807, 2.05) is 13.1 Å². The van der Waals surface area contributed by atoms with E-state index in [0.717, 1.165) is 5.69 Å². The fourth-order valence-electron chi connectivity index (χ4n) is 1.58. The molecule has 0 aromatic carbocycles. The highest BCUT2D eigenvalue weighted by atomic mass is 14.6. The minimum atomic E-state index is 0.715. The molecule has 0 saturated carbocycles. The van der Waals surface area contributed by atoms with Crippen molar-refractivity contribution in [2.75, 3.05) is 0 Å². The van der Waals surface area contributed by atoms with Crippen molar-refractivity contribution < 1.29 is 0 Å². The van der Waals surface area contributed by atoms with Crippen molar-refractivity contribution >= 4 is 0 Å². The van der Waals surface area contributed by atoms with Gasteiger partial charge in [0, 0.05) is 11.9 Å². The highest BCUT2D eigenvalue weighted by Gasteiger charge is 2.05. The van der Waals surface area contributed by atoms with E-state index in [-0.39, 0.29) is 0 Å². The zero-order valence-corrected chi connectivity index (χ0v) is 8.17. The Morgan fingerprint density at radius 1 is 1.33 bits per heavy atom. The summed E-state index contributed by atoms with van der Waals surface area (Å²) in [4.78, 5) is 4.19. The first-order chi connectivity index (χ1) is 5.77. The first kappa shape index (κ1) is 9.24. The fraction of sp³-hybridized carbons (Fsp3) is 0.545. The summed E-state index contributed by atoms with van der Waals surface area (Å²) in [6.45, 7) is 6.53. The van der Waals surface area contributed by atoms with Crippen molar-refractivity contribution in [1.29, 1.82) is 0 Å². The van der Waals surface area contributed by atoms with Crippen LogP contribution in [0.15, 0.2) is 18.3 Å². The number of rotatable bonds is 3. The molecule has 0 saturated heterocycles. The summed E-state index contributed by atoms with van der Waals surface area (Å²) in [5, 5.41) is 0. The third kappa shape index (κ3) is 2.07. The Kier molecular flexibility index (Phi) is 3.27. The van der Waals surface area contributed by atoms with Gasteiger partial charge >= 0.3 is 0 Å². The molecule has 0 aliphatic carbocycles. The summed E-state index contributed by atoms with van der Waals surface area (Å²) < 4.78 is 0. The second-order valence-corrected chi connectivity index (χ2v) is 3.24. The van der Waals surface area contributed by atoms with Gasteiger partial charge < -0.3 is 0 Å². The summed E-state index contributed by atoms with van der Waals surface area (Å²) in [7, 11) is 0. The molecule has 0 atom stereocenters. The molecule has 1 rings (SSSR count). The Morgan fingerprint density at radius 2 is 2.00 bits per heavy atom. The molecular weight excluding hydrogens is 146 g/mol. The van der Waals surface area contributed by atoms with Gasteiger partial charge in [0.1, 0.15) is 0 Å². The van der Waals surface area contributed by atoms with Gasteiger partial charge in [-0.2, -0.15) is 0 Å². The van der Waals surface area contributed by atoms with Crippen LogP contribution in [0, 0.1) is 6.92 Å². The van der Waals surface area contributed by atoms with Crippen molar-refractivity contribution in [3.05, 3.63) is 29.6 Å². The van der Waals surface area contributed by atoms with Gasteiger partial charge in [-0.1, -0.05) is 13.8 Å². The highest BCUT2D eigenvalue weighted by molar-refractivity contribution is 5.19. The van der Waals surface area contributed by atoms with E-state index in [9.17, 15) is 0 Å². The van der Waals surface area contributed by atoms with Crippen LogP contribution in [0.3, 0.4) is 0 Å². The summed E-state index contributed by atoms with van der Waals surface area (Å²) >= 11 is 0. The van der Waals surface area contributed by atoms with Crippen LogP contribution in [-0.4, -0.2) is 4.98 Å². The van der Waals surface area contributed by atoms with Crippen LogP contribution in [0.5, 0.6) is 0 Å². The van der Waals surface area contributed by atoms with Crippen molar-refractivity contribution in [2.45, 2.75) is 39.5 Å². The van der Waals surface area contributed by atoms with E-state index >= 15 is 0 Å². The van der Waals surface area contributed by atoms with Gasteiger partial charge in [0.2, 0.25) is 0 Å². The maximum atomic E-state index is 4.19. The lowest BCUT2D eigenvalue weighted by Gasteiger charge is -2.12. The zero-order chi connectivity index (χ0) is 8.97. The van der Waals surface area contributed by atoms with Crippen LogP contribution in [0.2, 0.25) is 0 Å². The molecule has 0 aliphatic rings. The van der Waals surface area contributed by atoms with Crippen LogP contribution in [-0.2, 0) is 0 Å². The normalized spacial score (nSPS) is 10.7. The molecule has 66 valence electrons. The third-order valence-electron chi connectivity index (χ3n) is 2.38. The third-order valence-corrected chi connectivity index (χ3v) is 2.38. The molecule has 1 aromatic rings. The average Bonchev–Trinajstić information content (AvgIpc) is 2.07. The molecule has 12 heavy (non-hydrogen) atoms. The first-order valence-corrected chi connectivity index (χ1v) is 4.70. The Hall–Kier alpha value is -0.850. The van der Waals surface area contributed by atoms with Gasteiger partial charge in [-0.3, -0.25) is 4.98 Å². The molecule has 0 fully saturated rings. The van der Waals surface area contributed by atoms with Gasteiger partial charge in [0.05, 0.1) is 0 Å². The minimum Gasteiger partial charge on any atom is -0.262 e. The summed E-state index contributed by atoms with van der Waals surface area (Å²) in [6, 6.07) is 4.32. The quantitative estimate of drug-likeness (QED) is 0.666. The van der Waals surface area contributed by atoms with E-state index < -0.39 is 0 Å². The molecule has 1 nitrogen and oxygen atoms in total. The number of pyridine rings is 1. The molecule has 0 N–H and O–H groups in total. The fourth-order valence-corrected chi connectivity index (χ4v) is 1.58. The highest BCUT2D eigenvalue weighted by Crippen LogP contribution is 2.22. The molecule has 0 radical (unpaired) electrons. The standard InChI is InChI=1S/C11H17N/c1-4-10(5-2)11-6-7-12-9(3)8-11/h6-8,10H,4-5H2,1-3H3. The summed E-state index contributed by atoms with van der Waals surface area (Å²) in [5.41, 5.74) is 2.56. The van der Waals surface area contributed by atoms with Crippen LogP contribution in [0.1, 0.15) is 43.9 Å². The smallest absolute Gasteiger partial charge is 0.0375 e. The summed E-state index contributed by atoms with van der Waals surface area (Å²) in [6.07, 6.45) is 4.35. The number of nitrogens with zero attached hydrogens (tertiary/aromatic N) is 1. The van der Waals surface area contributed by atoms with Crippen LogP contribution in [0.4, 0.5) is 0 Å². The second-order valence-electron chi connectivity index (χ2n) is 3.24. The second kappa shape index (κ2) is 4.24. The van der Waals surface area contributed by atoms with Gasteiger partial charge in [-0.15, -0.1) is 0 Å². The average molecular weight is 163 g/mol. The van der Waals surface area contributed by atoms with E-state index in [1.54, 1.807) is 0 Å². The topological polar surface area (TPSA) is 12.9 Å². The van der Waals surface area contributed by atoms with Crippen molar-refractivity contribution in [1.82, 2.24) is 4.98 Å². The lowest BCUT2D eigenvalue weighted by molar-refractivity contribution is 0.640. The molecule has 0 unspecified atom stereocenters. The largest absolute Gasteiger partial charge is 0.262 e. The van der Waals surface area contributed by atoms with Crippen LogP contribution >= 0.6 is 0 Å². The molecule has 1 heterocycles. The van der Waals surface area contributed by atoms with Gasteiger partial charge in [-0.25, -0.2) is 0 Å². The Labute approximate surface area is 74.8 Å². The monoisotopic (exact) mass is 163 g/mol. The molecule has 0 spiro atoms. The zero-order valence-electron chi connectivity index (χ0n) is 8.17. The van der Waals surface area contributed by atoms with E-state index in [4.69, 9.17) is 0 Å². The Morgan fingerprint density at radius 3 is 2.50 bits per heavy atom. The van der Waals surface area contributed by atoms with Crippen molar-refractivity contribution in [3.8, 4) is 0 Å². The number of hydrogen-bond donors (Lipinski definition) is 0. The van der Waals surface area contributed by atoms with Crippen LogP contribution in [0.25, 0.3) is 0 Å². The summed E-state index contributed by atoms with van der Waals surface area (Å²) in [5.74, 6) is 0.715. The maximum Gasteiger partial charge on any atom is 0.0375 e. The first-order valence-electron chi connectivity index (χ1n) is 4.70. The lowest BCUT2D eigenvalue weighted by atomic mass is 9.94. The van der Waals surface area contributed by atoms with Crippen molar-refractivity contribution in [3.63, 3.8) is 0 Å². The van der Waals surface area contributed by atoms with E-state index in [1.165, 1.54) is 18.4 Å². The molecule has 0 bridgehead atoms. The van der Waals surface area contributed by atoms with E-state index in [2.05, 4.69) is 31.0 Å². The SMILES string of the molecule is CCC(CC)c1ccnc(C)c1. The Balaban J connectivity index is 2.85. The number of hydrogen-bond acceptors (Lipinski definition) is 1. The molecular formula is C11H17N. The molecule has 1 heteroatoms. The van der Waals surface area contributed by atoms with Crippen molar-refractivity contribution in [2.24, 2.45) is 0 Å². The molecule has 1 aromatic heterocycles. The van der Waals surface area contributed by atoms with Gasteiger partial charge in [-0.05, 0) is 43.4 Å². The predicted molar refractivity (Wildman–Crippen MR) is 52.3 cm³/mol. The van der Waals surface area contributed by atoms with Gasteiger partial charge in [0.15, 0.2) is 0 Å². The number of aryl methyl sites for hydroxylation is 1.